The number of aliphatic hydroxyl groups excluding tert-OH is 1. The van der Waals surface area contributed by atoms with E-state index in [-0.39, 0.29) is 5.17 Å². The zero-order valence-electron chi connectivity index (χ0n) is 9.53. The summed E-state index contributed by atoms with van der Waals surface area (Å²) in [6.45, 7) is -0.695. The fourth-order valence-corrected chi connectivity index (χ4v) is 2.15. The minimum absolute atomic E-state index is 0.103. The van der Waals surface area contributed by atoms with E-state index in [0.29, 0.717) is 10.7 Å². The Kier molecular flexibility index (Phi) is 4.03. The molecular formula is C11H9N2O5S-. The molecule has 7 nitrogen and oxygen atoms in total. The Morgan fingerprint density at radius 2 is 2.47 bits per heavy atom. The second-order valence-corrected chi connectivity index (χ2v) is 4.56. The maximum absolute atomic E-state index is 11.6. The third-order valence-corrected chi connectivity index (χ3v) is 3.11. The molecule has 0 saturated carbocycles. The number of nitrogens with one attached hydrogen (secondary N) is 1. The van der Waals surface area contributed by atoms with Crippen LogP contribution in [0.1, 0.15) is 5.76 Å². The number of amidine groups is 1. The van der Waals surface area contributed by atoms with Crippen LogP contribution in [0.15, 0.2) is 32.7 Å². The number of carboxylic acid groups (broad SMARTS) is 1. The zero-order chi connectivity index (χ0) is 13.8. The summed E-state index contributed by atoms with van der Waals surface area (Å²) in [5.74, 6) is -1.42. The van der Waals surface area contributed by atoms with Crippen LogP contribution >= 0.6 is 11.8 Å². The predicted molar refractivity (Wildman–Crippen MR) is 65.7 cm³/mol. The van der Waals surface area contributed by atoms with Crippen molar-refractivity contribution in [2.24, 2.45) is 4.99 Å². The second-order valence-electron chi connectivity index (χ2n) is 3.53. The Hall–Kier alpha value is -2.06. The van der Waals surface area contributed by atoms with Gasteiger partial charge in [-0.25, -0.2) is 0 Å². The van der Waals surface area contributed by atoms with Crippen LogP contribution < -0.4 is 10.4 Å². The van der Waals surface area contributed by atoms with E-state index in [1.807, 2.05) is 0 Å². The second kappa shape index (κ2) is 5.72. The number of aliphatic hydroxyl groups is 1. The van der Waals surface area contributed by atoms with Gasteiger partial charge in [-0.05, 0) is 23.9 Å². The number of carbonyl (C=O) groups is 2. The Labute approximate surface area is 112 Å². The molecule has 1 aliphatic rings. The van der Waals surface area contributed by atoms with E-state index in [1.54, 1.807) is 12.1 Å². The first-order chi connectivity index (χ1) is 9.10. The van der Waals surface area contributed by atoms with Gasteiger partial charge in [-0.2, -0.15) is 0 Å². The number of carboxylic acids is 1. The van der Waals surface area contributed by atoms with E-state index in [2.05, 4.69) is 10.3 Å². The molecule has 1 saturated heterocycles. The Morgan fingerprint density at radius 1 is 1.68 bits per heavy atom. The van der Waals surface area contributed by atoms with E-state index in [4.69, 9.17) is 9.52 Å². The first-order valence-corrected chi connectivity index (χ1v) is 6.05. The maximum Gasteiger partial charge on any atom is 0.264 e. The van der Waals surface area contributed by atoms with Crippen LogP contribution in [0.5, 0.6) is 0 Å². The molecule has 1 atom stereocenters. The van der Waals surface area contributed by atoms with Crippen molar-refractivity contribution in [1.82, 2.24) is 5.32 Å². The SMILES string of the molecule is O=C1NC(=N[C@H](CO)C(=O)[O-])S/C1=C/c1ccco1. The first-order valence-electron chi connectivity index (χ1n) is 5.24. The molecule has 0 bridgehead atoms. The Bertz CT molecular complexity index is 549. The molecule has 0 unspecified atom stereocenters. The lowest BCUT2D eigenvalue weighted by atomic mass is 10.3. The number of carbonyl (C=O) groups excluding carboxylic acids is 2. The van der Waals surface area contributed by atoms with Gasteiger partial charge in [0.25, 0.3) is 5.91 Å². The number of nitrogens with zero attached hydrogens (tertiary/aromatic N) is 1. The van der Waals surface area contributed by atoms with Gasteiger partial charge in [0.15, 0.2) is 5.17 Å². The van der Waals surface area contributed by atoms with Gasteiger partial charge >= 0.3 is 0 Å². The lowest BCUT2D eigenvalue weighted by Gasteiger charge is -2.10. The summed E-state index contributed by atoms with van der Waals surface area (Å²) in [4.78, 5) is 26.2. The molecule has 1 amide bonds. The molecule has 0 spiro atoms. The molecular weight excluding hydrogens is 272 g/mol. The molecule has 0 aliphatic carbocycles. The van der Waals surface area contributed by atoms with Gasteiger partial charge in [-0.15, -0.1) is 0 Å². The molecule has 1 aromatic heterocycles. The molecule has 1 aromatic rings. The quantitative estimate of drug-likeness (QED) is 0.680. The van der Waals surface area contributed by atoms with Crippen molar-refractivity contribution in [1.29, 1.82) is 0 Å². The third-order valence-electron chi connectivity index (χ3n) is 2.19. The Morgan fingerprint density at radius 3 is 3.05 bits per heavy atom. The van der Waals surface area contributed by atoms with Crippen LogP contribution in [-0.4, -0.2) is 34.8 Å². The fourth-order valence-electron chi connectivity index (χ4n) is 1.30. The summed E-state index contributed by atoms with van der Waals surface area (Å²) in [6.07, 6.45) is 2.98. The van der Waals surface area contributed by atoms with Crippen molar-refractivity contribution >= 4 is 34.9 Å². The summed E-state index contributed by atoms with van der Waals surface area (Å²) in [5.41, 5.74) is 0. The van der Waals surface area contributed by atoms with Crippen molar-refractivity contribution < 1.29 is 24.2 Å². The average Bonchev–Trinajstić information content (AvgIpc) is 2.97. The highest BCUT2D eigenvalue weighted by Gasteiger charge is 2.25. The van der Waals surface area contributed by atoms with Crippen molar-refractivity contribution in [2.75, 3.05) is 6.61 Å². The standard InChI is InChI=1S/C11H10N2O5S/c14-5-7(10(16)17)12-11-13-9(15)8(19-11)4-6-2-1-3-18-6/h1-4,7,14H,5H2,(H,16,17)(H,12,13,15)/p-1/b8-4+/t7-/m1/s1. The van der Waals surface area contributed by atoms with Gasteiger partial charge in [0.2, 0.25) is 0 Å². The molecule has 1 fully saturated rings. The van der Waals surface area contributed by atoms with Gasteiger partial charge < -0.3 is 24.7 Å². The van der Waals surface area contributed by atoms with Crippen molar-refractivity contribution in [2.45, 2.75) is 6.04 Å². The van der Waals surface area contributed by atoms with E-state index < -0.39 is 24.5 Å². The van der Waals surface area contributed by atoms with Crippen LogP contribution in [-0.2, 0) is 9.59 Å². The number of furan rings is 1. The highest BCUT2D eigenvalue weighted by molar-refractivity contribution is 8.18. The van der Waals surface area contributed by atoms with E-state index in [0.717, 1.165) is 11.8 Å². The first kappa shape index (κ1) is 13.4. The molecule has 8 heteroatoms. The number of thioether (sulfide) groups is 1. The highest BCUT2D eigenvalue weighted by atomic mass is 32.2. The van der Waals surface area contributed by atoms with Crippen LogP contribution in [0, 0.1) is 0 Å². The summed E-state index contributed by atoms with van der Waals surface area (Å²) in [6, 6.07) is 1.95. The normalized spacial score (nSPS) is 20.8. The number of amides is 1. The average molecular weight is 281 g/mol. The van der Waals surface area contributed by atoms with Crippen LogP contribution in [0.3, 0.4) is 0 Å². The minimum Gasteiger partial charge on any atom is -0.548 e. The van der Waals surface area contributed by atoms with Gasteiger partial charge in [0, 0.05) is 6.08 Å². The number of hydrogen-bond donors (Lipinski definition) is 2. The molecule has 0 aromatic carbocycles. The third kappa shape index (κ3) is 3.24. The lowest BCUT2D eigenvalue weighted by molar-refractivity contribution is -0.308. The monoisotopic (exact) mass is 281 g/mol. The molecule has 2 heterocycles. The van der Waals surface area contributed by atoms with Crippen molar-refractivity contribution in [3.05, 3.63) is 29.1 Å². The van der Waals surface area contributed by atoms with E-state index in [1.165, 1.54) is 12.3 Å². The molecule has 100 valence electrons. The maximum atomic E-state index is 11.6. The van der Waals surface area contributed by atoms with Gasteiger partial charge in [-0.1, -0.05) is 0 Å². The zero-order valence-corrected chi connectivity index (χ0v) is 10.3. The van der Waals surface area contributed by atoms with E-state index >= 15 is 0 Å². The molecule has 1 aliphatic heterocycles. The highest BCUT2D eigenvalue weighted by Crippen LogP contribution is 2.26. The Balaban J connectivity index is 2.15. The number of rotatable bonds is 4. The summed E-state index contributed by atoms with van der Waals surface area (Å²) in [5, 5.41) is 21.9. The summed E-state index contributed by atoms with van der Waals surface area (Å²) < 4.78 is 5.07. The summed E-state index contributed by atoms with van der Waals surface area (Å²) >= 11 is 0.966. The number of hydrogen-bond acceptors (Lipinski definition) is 7. The number of aliphatic carboxylic acids is 1. The molecule has 0 radical (unpaired) electrons. The smallest absolute Gasteiger partial charge is 0.264 e. The number of aliphatic imine (C=N–C) groups is 1. The van der Waals surface area contributed by atoms with Crippen molar-refractivity contribution in [3.8, 4) is 0 Å². The molecule has 2 rings (SSSR count). The summed E-state index contributed by atoms with van der Waals surface area (Å²) in [7, 11) is 0. The largest absolute Gasteiger partial charge is 0.548 e. The van der Waals surface area contributed by atoms with Gasteiger partial charge in [0.05, 0.1) is 23.7 Å². The van der Waals surface area contributed by atoms with E-state index in [9.17, 15) is 14.7 Å². The molecule has 2 N–H and O–H groups in total. The van der Waals surface area contributed by atoms with Crippen LogP contribution in [0.25, 0.3) is 6.08 Å². The van der Waals surface area contributed by atoms with Gasteiger partial charge in [-0.3, -0.25) is 9.79 Å². The van der Waals surface area contributed by atoms with Crippen LogP contribution in [0.4, 0.5) is 0 Å². The van der Waals surface area contributed by atoms with Gasteiger partial charge in [0.1, 0.15) is 11.8 Å². The van der Waals surface area contributed by atoms with Crippen LogP contribution in [0.2, 0.25) is 0 Å². The topological polar surface area (TPSA) is 115 Å². The lowest BCUT2D eigenvalue weighted by Crippen LogP contribution is -2.38. The fraction of sp³-hybridized carbons (Fsp3) is 0.182. The van der Waals surface area contributed by atoms with Crippen molar-refractivity contribution in [3.63, 3.8) is 0 Å². The predicted octanol–water partition coefficient (Wildman–Crippen LogP) is -1.05. The minimum atomic E-state index is -1.51. The molecule has 19 heavy (non-hydrogen) atoms.